The molecule has 0 saturated heterocycles. The lowest BCUT2D eigenvalue weighted by Gasteiger charge is -1.91. The van der Waals surface area contributed by atoms with Crippen LogP contribution in [0, 0.1) is 0 Å². The molecule has 0 aromatic rings. The number of hydrogen-bond donors (Lipinski definition) is 0. The molecular formula is C7H9ClO2. The second-order valence-electron chi connectivity index (χ2n) is 1.59. The van der Waals surface area contributed by atoms with Gasteiger partial charge in [-0.1, -0.05) is 25.1 Å². The zero-order valence-electron chi connectivity index (χ0n) is 5.76. The number of hydrogen-bond acceptors (Lipinski definition) is 2. The first-order valence-corrected chi connectivity index (χ1v) is 3.25. The lowest BCUT2D eigenvalue weighted by atomic mass is 10.5. The van der Waals surface area contributed by atoms with Crippen molar-refractivity contribution in [1.29, 1.82) is 0 Å². The maximum Gasteiger partial charge on any atom is 0.310 e. The van der Waals surface area contributed by atoms with Crippen molar-refractivity contribution in [3.05, 3.63) is 23.9 Å². The Kier molecular flexibility index (Phi) is 4.67. The van der Waals surface area contributed by atoms with Gasteiger partial charge in [-0.15, -0.1) is 0 Å². The minimum Gasteiger partial charge on any atom is -0.434 e. The number of carbonyl (C=O) groups is 1. The fraction of sp³-hybridized carbons (Fsp3) is 0.286. The Morgan fingerprint density at radius 1 is 1.80 bits per heavy atom. The molecule has 0 aliphatic heterocycles. The summed E-state index contributed by atoms with van der Waals surface area (Å²) in [6.45, 7) is 5.08. The molecule has 0 N–H and O–H groups in total. The highest BCUT2D eigenvalue weighted by Gasteiger charge is 1.91. The fourth-order valence-electron chi connectivity index (χ4n) is 0.267. The molecule has 0 bridgehead atoms. The Morgan fingerprint density at radius 3 is 2.80 bits per heavy atom. The first-order valence-electron chi connectivity index (χ1n) is 2.87. The number of ether oxygens (including phenoxy) is 1. The van der Waals surface area contributed by atoms with E-state index in [0.717, 1.165) is 0 Å². The SMILES string of the molecule is C=C(Cl)C=COC(=O)CC. The fourth-order valence-corrected chi connectivity index (χ4v) is 0.319. The van der Waals surface area contributed by atoms with Gasteiger partial charge in [0, 0.05) is 11.5 Å². The van der Waals surface area contributed by atoms with Gasteiger partial charge < -0.3 is 4.74 Å². The van der Waals surface area contributed by atoms with Crippen LogP contribution in [0.25, 0.3) is 0 Å². The van der Waals surface area contributed by atoms with Crippen LogP contribution in [0.2, 0.25) is 0 Å². The lowest BCUT2D eigenvalue weighted by molar-refractivity contribution is -0.137. The van der Waals surface area contributed by atoms with E-state index in [4.69, 9.17) is 11.6 Å². The number of rotatable bonds is 3. The van der Waals surface area contributed by atoms with Crippen LogP contribution in [0.3, 0.4) is 0 Å². The van der Waals surface area contributed by atoms with Gasteiger partial charge in [0.15, 0.2) is 0 Å². The predicted molar refractivity (Wildman–Crippen MR) is 40.5 cm³/mol. The molecule has 0 atom stereocenters. The predicted octanol–water partition coefficient (Wildman–Crippen LogP) is 2.21. The molecule has 0 aromatic heterocycles. The maximum atomic E-state index is 10.4. The highest BCUT2D eigenvalue weighted by atomic mass is 35.5. The van der Waals surface area contributed by atoms with Gasteiger partial charge in [0.1, 0.15) is 0 Å². The summed E-state index contributed by atoms with van der Waals surface area (Å²) in [5.74, 6) is -0.283. The largest absolute Gasteiger partial charge is 0.434 e. The molecule has 2 nitrogen and oxygen atoms in total. The topological polar surface area (TPSA) is 26.3 Å². The van der Waals surface area contributed by atoms with E-state index >= 15 is 0 Å². The molecule has 0 unspecified atom stereocenters. The van der Waals surface area contributed by atoms with E-state index in [2.05, 4.69) is 11.3 Å². The van der Waals surface area contributed by atoms with Crippen molar-refractivity contribution in [1.82, 2.24) is 0 Å². The third-order valence-electron chi connectivity index (χ3n) is 0.737. The number of esters is 1. The molecule has 0 amide bonds. The van der Waals surface area contributed by atoms with Crippen molar-refractivity contribution in [2.24, 2.45) is 0 Å². The second-order valence-corrected chi connectivity index (χ2v) is 2.08. The molecule has 10 heavy (non-hydrogen) atoms. The zero-order valence-corrected chi connectivity index (χ0v) is 6.52. The Labute approximate surface area is 65.1 Å². The summed E-state index contributed by atoms with van der Waals surface area (Å²) in [5, 5.41) is 0.337. The molecule has 0 heterocycles. The average molecular weight is 161 g/mol. The van der Waals surface area contributed by atoms with Crippen LogP contribution in [0.1, 0.15) is 13.3 Å². The highest BCUT2D eigenvalue weighted by Crippen LogP contribution is 1.98. The molecule has 3 heteroatoms. The van der Waals surface area contributed by atoms with Gasteiger partial charge in [0.05, 0.1) is 6.26 Å². The van der Waals surface area contributed by atoms with E-state index in [0.29, 0.717) is 11.5 Å². The van der Waals surface area contributed by atoms with Crippen molar-refractivity contribution in [2.45, 2.75) is 13.3 Å². The van der Waals surface area contributed by atoms with E-state index in [1.54, 1.807) is 6.92 Å². The summed E-state index contributed by atoms with van der Waals surface area (Å²) >= 11 is 5.33. The minimum absolute atomic E-state index is 0.283. The Morgan fingerprint density at radius 2 is 2.40 bits per heavy atom. The van der Waals surface area contributed by atoms with Gasteiger partial charge >= 0.3 is 5.97 Å². The molecule has 0 saturated carbocycles. The van der Waals surface area contributed by atoms with Gasteiger partial charge in [-0.2, -0.15) is 0 Å². The van der Waals surface area contributed by atoms with Gasteiger partial charge in [-0.3, -0.25) is 4.79 Å². The molecule has 0 aliphatic rings. The Balaban J connectivity index is 3.53. The molecule has 56 valence electrons. The van der Waals surface area contributed by atoms with Crippen LogP contribution in [0.5, 0.6) is 0 Å². The summed E-state index contributed by atoms with van der Waals surface area (Å²) < 4.78 is 4.54. The van der Waals surface area contributed by atoms with Crippen molar-refractivity contribution in [3.8, 4) is 0 Å². The van der Waals surface area contributed by atoms with Crippen LogP contribution < -0.4 is 0 Å². The smallest absolute Gasteiger partial charge is 0.310 e. The van der Waals surface area contributed by atoms with E-state index in [-0.39, 0.29) is 5.97 Å². The molecule has 0 fully saturated rings. The minimum atomic E-state index is -0.283. The third kappa shape index (κ3) is 5.38. The van der Waals surface area contributed by atoms with Crippen molar-refractivity contribution in [2.75, 3.05) is 0 Å². The van der Waals surface area contributed by atoms with Gasteiger partial charge in [0.25, 0.3) is 0 Å². The monoisotopic (exact) mass is 160 g/mol. The number of allylic oxidation sites excluding steroid dienone is 2. The highest BCUT2D eigenvalue weighted by molar-refractivity contribution is 6.30. The molecule has 0 aromatic carbocycles. The third-order valence-corrected chi connectivity index (χ3v) is 0.863. The molecule has 0 aliphatic carbocycles. The Hall–Kier alpha value is -0.760. The summed E-state index contributed by atoms with van der Waals surface area (Å²) in [6, 6.07) is 0. The van der Waals surface area contributed by atoms with E-state index in [1.807, 2.05) is 0 Å². The average Bonchev–Trinajstić information content (AvgIpc) is 1.87. The van der Waals surface area contributed by atoms with E-state index in [1.165, 1.54) is 12.3 Å². The Bertz CT molecular complexity index is 161. The van der Waals surface area contributed by atoms with Crippen LogP contribution >= 0.6 is 11.6 Å². The van der Waals surface area contributed by atoms with Gasteiger partial charge in [-0.05, 0) is 6.08 Å². The lowest BCUT2D eigenvalue weighted by Crippen LogP contribution is -1.94. The summed E-state index contributed by atoms with van der Waals surface area (Å²) in [4.78, 5) is 10.4. The summed E-state index contributed by atoms with van der Waals surface area (Å²) in [6.07, 6.45) is 3.00. The van der Waals surface area contributed by atoms with Crippen molar-refractivity contribution >= 4 is 17.6 Å². The molecule has 0 rings (SSSR count). The first-order chi connectivity index (χ1) is 4.66. The summed E-state index contributed by atoms with van der Waals surface area (Å²) in [7, 11) is 0. The van der Waals surface area contributed by atoms with Gasteiger partial charge in [0.2, 0.25) is 0 Å². The second kappa shape index (κ2) is 5.06. The standard InChI is InChI=1S/C7H9ClO2/c1-3-7(9)10-5-4-6(2)8/h4-5H,2-3H2,1H3. The molecular weight excluding hydrogens is 152 g/mol. The van der Waals surface area contributed by atoms with Crippen molar-refractivity contribution < 1.29 is 9.53 Å². The zero-order chi connectivity index (χ0) is 7.98. The normalized spacial score (nSPS) is 9.80. The van der Waals surface area contributed by atoms with Crippen LogP contribution in [-0.4, -0.2) is 5.97 Å². The van der Waals surface area contributed by atoms with Crippen LogP contribution in [0.15, 0.2) is 23.9 Å². The first kappa shape index (κ1) is 9.24. The molecule has 0 spiro atoms. The molecule has 0 radical (unpaired) electrons. The van der Waals surface area contributed by atoms with E-state index in [9.17, 15) is 4.79 Å². The van der Waals surface area contributed by atoms with Gasteiger partial charge in [-0.25, -0.2) is 0 Å². The number of carbonyl (C=O) groups excluding carboxylic acids is 1. The van der Waals surface area contributed by atoms with Crippen LogP contribution in [0.4, 0.5) is 0 Å². The van der Waals surface area contributed by atoms with Crippen LogP contribution in [-0.2, 0) is 9.53 Å². The van der Waals surface area contributed by atoms with E-state index < -0.39 is 0 Å². The maximum absolute atomic E-state index is 10.4. The van der Waals surface area contributed by atoms with Crippen molar-refractivity contribution in [3.63, 3.8) is 0 Å². The number of halogens is 1. The summed E-state index contributed by atoms with van der Waals surface area (Å²) in [5.41, 5.74) is 0. The quantitative estimate of drug-likeness (QED) is 0.360.